The van der Waals surface area contributed by atoms with E-state index in [4.69, 9.17) is 4.74 Å². The first-order chi connectivity index (χ1) is 12.1. The molecule has 1 aromatic carbocycles. The fourth-order valence-electron chi connectivity index (χ4n) is 2.89. The van der Waals surface area contributed by atoms with Gasteiger partial charge in [-0.3, -0.25) is 9.78 Å². The maximum atomic E-state index is 11.6. The van der Waals surface area contributed by atoms with Crippen LogP contribution in [-0.2, 0) is 14.3 Å². The molecule has 25 heavy (non-hydrogen) atoms. The molecule has 4 nitrogen and oxygen atoms in total. The smallest absolute Gasteiger partial charge is 0.341 e. The molecule has 1 fully saturated rings. The van der Waals surface area contributed by atoms with Crippen LogP contribution in [0.5, 0.6) is 0 Å². The van der Waals surface area contributed by atoms with Crippen molar-refractivity contribution in [2.45, 2.75) is 52.1 Å². The number of carbonyl (C=O) groups is 2. The second-order valence-corrected chi connectivity index (χ2v) is 6.15. The van der Waals surface area contributed by atoms with Gasteiger partial charge in [0.15, 0.2) is 5.78 Å². The second kappa shape index (κ2) is 9.72. The lowest BCUT2D eigenvalue weighted by Crippen LogP contribution is -2.23. The summed E-state index contributed by atoms with van der Waals surface area (Å²) < 4.78 is 5.28. The van der Waals surface area contributed by atoms with E-state index < -0.39 is 5.97 Å². The summed E-state index contributed by atoms with van der Waals surface area (Å²) >= 11 is 0. The van der Waals surface area contributed by atoms with Gasteiger partial charge in [-0.05, 0) is 56.4 Å². The molecule has 0 bridgehead atoms. The third-order valence-electron chi connectivity index (χ3n) is 4.26. The lowest BCUT2D eigenvalue weighted by Gasteiger charge is -2.21. The van der Waals surface area contributed by atoms with Crippen molar-refractivity contribution >= 4 is 22.5 Å². The van der Waals surface area contributed by atoms with E-state index in [1.807, 2.05) is 30.6 Å². The minimum Gasteiger partial charge on any atom is -0.459 e. The quantitative estimate of drug-likeness (QED) is 0.354. The molecule has 0 atom stereocenters. The molecule has 132 valence electrons. The number of pyridine rings is 1. The van der Waals surface area contributed by atoms with Gasteiger partial charge in [0.05, 0.1) is 5.57 Å². The lowest BCUT2D eigenvalue weighted by molar-refractivity contribution is -0.146. The fraction of sp³-hybridized carbons (Fsp3) is 0.381. The average Bonchev–Trinajstić information content (AvgIpc) is 2.63. The summed E-state index contributed by atoms with van der Waals surface area (Å²) in [6, 6.07) is 10.2. The summed E-state index contributed by atoms with van der Waals surface area (Å²) in [6.45, 7) is 3.07. The number of hydrogen-bond acceptors (Lipinski definition) is 4. The Labute approximate surface area is 148 Å². The highest BCUT2D eigenvalue weighted by atomic mass is 16.5. The van der Waals surface area contributed by atoms with Crippen molar-refractivity contribution in [2.24, 2.45) is 0 Å². The lowest BCUT2D eigenvalue weighted by atomic mass is 9.98. The minimum atomic E-state index is -0.461. The van der Waals surface area contributed by atoms with Gasteiger partial charge in [-0.2, -0.15) is 0 Å². The summed E-state index contributed by atoms with van der Waals surface area (Å²) in [5, 5.41) is 2.45. The van der Waals surface area contributed by atoms with Gasteiger partial charge < -0.3 is 4.74 Å². The monoisotopic (exact) mass is 339 g/mol. The molecular formula is C21H25NO3. The maximum absolute atomic E-state index is 11.6. The Balaban J connectivity index is 0.000000194. The van der Waals surface area contributed by atoms with E-state index in [-0.39, 0.29) is 17.5 Å². The number of hydrogen-bond donors (Lipinski definition) is 0. The maximum Gasteiger partial charge on any atom is 0.341 e. The van der Waals surface area contributed by atoms with Crippen molar-refractivity contribution in [1.82, 2.24) is 4.98 Å². The number of Topliss-reactive ketones (excluding diaryl/α,β-unsaturated/α-hetero) is 1. The molecule has 0 amide bonds. The molecule has 0 N–H and O–H groups in total. The third-order valence-corrected chi connectivity index (χ3v) is 4.26. The normalized spacial score (nSPS) is 15.2. The van der Waals surface area contributed by atoms with Crippen LogP contribution in [0.2, 0.25) is 0 Å². The Morgan fingerprint density at radius 2 is 1.76 bits per heavy atom. The van der Waals surface area contributed by atoms with Gasteiger partial charge in [0, 0.05) is 12.4 Å². The molecule has 1 aromatic heterocycles. The highest BCUT2D eigenvalue weighted by Crippen LogP contribution is 2.21. The highest BCUT2D eigenvalue weighted by Gasteiger charge is 2.21. The van der Waals surface area contributed by atoms with Crippen LogP contribution >= 0.6 is 0 Å². The Kier molecular flexibility index (Phi) is 7.33. The molecule has 1 aliphatic rings. The molecule has 0 unspecified atom stereocenters. The predicted octanol–water partition coefficient (Wildman–Crippen LogP) is 4.63. The van der Waals surface area contributed by atoms with E-state index in [0.717, 1.165) is 25.7 Å². The molecule has 1 saturated carbocycles. The van der Waals surface area contributed by atoms with Crippen LogP contribution in [0.25, 0.3) is 10.8 Å². The summed E-state index contributed by atoms with van der Waals surface area (Å²) in [5.74, 6) is -0.685. The number of ether oxygens (including phenoxy) is 1. The Bertz CT molecular complexity index is 680. The van der Waals surface area contributed by atoms with E-state index in [1.165, 1.54) is 30.2 Å². The zero-order valence-electron chi connectivity index (χ0n) is 14.9. The number of benzene rings is 1. The summed E-state index contributed by atoms with van der Waals surface area (Å²) in [4.78, 5) is 26.7. The Hall–Kier alpha value is -2.49. The van der Waals surface area contributed by atoms with E-state index in [9.17, 15) is 9.59 Å². The SMILES string of the molecule is C/C=C(/C(C)=O)C(=O)OC1CCCCC1.c1ccc2cnccc2c1. The first-order valence-electron chi connectivity index (χ1n) is 8.79. The van der Waals surface area contributed by atoms with E-state index in [0.29, 0.717) is 0 Å². The molecule has 4 heteroatoms. The van der Waals surface area contributed by atoms with E-state index in [2.05, 4.69) is 17.1 Å². The van der Waals surface area contributed by atoms with Gasteiger partial charge >= 0.3 is 5.97 Å². The molecule has 1 heterocycles. The first kappa shape index (κ1) is 18.8. The number of allylic oxidation sites excluding steroid dienone is 1. The molecule has 0 radical (unpaired) electrons. The molecule has 0 saturated heterocycles. The van der Waals surface area contributed by atoms with Gasteiger partial charge in [-0.15, -0.1) is 0 Å². The van der Waals surface area contributed by atoms with E-state index >= 15 is 0 Å². The summed E-state index contributed by atoms with van der Waals surface area (Å²) in [5.41, 5.74) is 0.167. The highest BCUT2D eigenvalue weighted by molar-refractivity contribution is 6.16. The van der Waals surface area contributed by atoms with Crippen LogP contribution in [0.3, 0.4) is 0 Å². The standard InChI is InChI=1S/C12H18O3.C9H7N/c1-3-11(9(2)13)12(14)15-10-7-5-4-6-8-10;1-2-4-9-7-10-6-5-8(9)3-1/h3,10H,4-8H2,1-2H3;1-7H/b11-3-;. The summed E-state index contributed by atoms with van der Waals surface area (Å²) in [6.07, 6.45) is 10.5. The van der Waals surface area contributed by atoms with Crippen LogP contribution < -0.4 is 0 Å². The van der Waals surface area contributed by atoms with Crippen molar-refractivity contribution in [3.05, 3.63) is 54.4 Å². The summed E-state index contributed by atoms with van der Waals surface area (Å²) in [7, 11) is 0. The Morgan fingerprint density at radius 1 is 1.08 bits per heavy atom. The van der Waals surface area contributed by atoms with Crippen LogP contribution in [0.1, 0.15) is 46.0 Å². The number of aromatic nitrogens is 1. The zero-order valence-corrected chi connectivity index (χ0v) is 14.9. The van der Waals surface area contributed by atoms with Crippen LogP contribution in [0.4, 0.5) is 0 Å². The number of nitrogens with zero attached hydrogens (tertiary/aromatic N) is 1. The van der Waals surface area contributed by atoms with Gasteiger partial charge in [0.25, 0.3) is 0 Å². The van der Waals surface area contributed by atoms with Gasteiger partial charge in [0.1, 0.15) is 6.10 Å². The molecule has 1 aliphatic carbocycles. The van der Waals surface area contributed by atoms with Crippen molar-refractivity contribution in [3.63, 3.8) is 0 Å². The molecule has 2 aromatic rings. The van der Waals surface area contributed by atoms with Crippen molar-refractivity contribution in [1.29, 1.82) is 0 Å². The number of ketones is 1. The van der Waals surface area contributed by atoms with Crippen molar-refractivity contribution in [2.75, 3.05) is 0 Å². The minimum absolute atomic E-state index is 0.0144. The molecular weight excluding hydrogens is 314 g/mol. The first-order valence-corrected chi connectivity index (χ1v) is 8.79. The Morgan fingerprint density at radius 3 is 2.36 bits per heavy atom. The molecule has 0 aliphatic heterocycles. The van der Waals surface area contributed by atoms with E-state index in [1.54, 1.807) is 6.92 Å². The van der Waals surface area contributed by atoms with Crippen LogP contribution in [0.15, 0.2) is 54.4 Å². The number of fused-ring (bicyclic) bond motifs is 1. The zero-order chi connectivity index (χ0) is 18.1. The number of rotatable bonds is 3. The van der Waals surface area contributed by atoms with Crippen LogP contribution in [-0.4, -0.2) is 22.8 Å². The molecule has 0 spiro atoms. The van der Waals surface area contributed by atoms with Crippen LogP contribution in [0, 0.1) is 0 Å². The second-order valence-electron chi connectivity index (χ2n) is 6.15. The fourth-order valence-corrected chi connectivity index (χ4v) is 2.89. The van der Waals surface area contributed by atoms with Gasteiger partial charge in [-0.25, -0.2) is 4.79 Å². The predicted molar refractivity (Wildman–Crippen MR) is 99.1 cm³/mol. The van der Waals surface area contributed by atoms with Crippen molar-refractivity contribution in [3.8, 4) is 0 Å². The largest absolute Gasteiger partial charge is 0.459 e. The third kappa shape index (κ3) is 5.82. The number of esters is 1. The van der Waals surface area contributed by atoms with Crippen molar-refractivity contribution < 1.29 is 14.3 Å². The molecule has 3 rings (SSSR count). The number of carbonyl (C=O) groups excluding carboxylic acids is 2. The average molecular weight is 339 g/mol. The van der Waals surface area contributed by atoms with Gasteiger partial charge in [0.2, 0.25) is 0 Å². The topological polar surface area (TPSA) is 56.3 Å². The van der Waals surface area contributed by atoms with Gasteiger partial charge in [-0.1, -0.05) is 36.8 Å².